The molecule has 1 unspecified atom stereocenters. The standard InChI is InChI=1S/C48H52Cl2N6O5/c49-32-13-7-12-31(26-32)40-41(55-47(22-4-2-5-23-47)48(40)37-21-18-33(50)27-38(37)54-46(48)61)44(59)53-34-19-16-30(17-20-34)42(57)51-24-6-1-3-10-29-11-8-14-35-36(29)28-56(45(35)60)39-15-9-25-52-43(39)58/h7-8,11-14,18,21,26-27,30,34,39-41,55H,1-2,4-6,9,15-17,19-20,22-25,28H2,(H,51,57)(H,52,58)(H,53,59)(H,54,61)/t30?,34?,39?,40-,41+,48+/m0/s1. The Hall–Kier alpha value is -4.89. The van der Waals surface area contributed by atoms with Gasteiger partial charge in [0.15, 0.2) is 0 Å². The zero-order valence-electron chi connectivity index (χ0n) is 34.2. The van der Waals surface area contributed by atoms with Crippen molar-refractivity contribution in [3.8, 4) is 11.8 Å². The van der Waals surface area contributed by atoms with Crippen molar-refractivity contribution in [1.29, 1.82) is 0 Å². The van der Waals surface area contributed by atoms with Gasteiger partial charge in [0.05, 0.1) is 6.04 Å². The maximum absolute atomic E-state index is 14.6. The van der Waals surface area contributed by atoms with E-state index < -0.39 is 29.0 Å². The number of rotatable bonds is 8. The van der Waals surface area contributed by atoms with Crippen LogP contribution in [0.5, 0.6) is 0 Å². The van der Waals surface area contributed by atoms with Crippen molar-refractivity contribution in [2.75, 3.05) is 18.4 Å². The fourth-order valence-corrected chi connectivity index (χ4v) is 11.8. The molecule has 3 aromatic rings. The first kappa shape index (κ1) is 41.5. The molecule has 3 aromatic carbocycles. The van der Waals surface area contributed by atoms with Crippen molar-refractivity contribution in [2.24, 2.45) is 5.92 Å². The number of anilines is 1. The normalized spacial score (nSPS) is 27.5. The van der Waals surface area contributed by atoms with E-state index in [0.717, 1.165) is 60.8 Å². The fraction of sp³-hybridized carbons (Fsp3) is 0.479. The molecule has 2 saturated heterocycles. The van der Waals surface area contributed by atoms with E-state index in [9.17, 15) is 24.0 Å². The summed E-state index contributed by atoms with van der Waals surface area (Å²) in [5.74, 6) is 5.34. The van der Waals surface area contributed by atoms with Crippen LogP contribution in [-0.4, -0.2) is 71.2 Å². The van der Waals surface area contributed by atoms with Crippen LogP contribution in [0.3, 0.4) is 0 Å². The number of benzene rings is 3. The number of carbonyl (C=O) groups excluding carboxylic acids is 5. The highest BCUT2D eigenvalue weighted by Gasteiger charge is 2.72. The van der Waals surface area contributed by atoms with Crippen LogP contribution < -0.4 is 26.6 Å². The molecule has 61 heavy (non-hydrogen) atoms. The topological polar surface area (TPSA) is 149 Å². The highest BCUT2D eigenvalue weighted by atomic mass is 35.5. The van der Waals surface area contributed by atoms with Gasteiger partial charge in [0.25, 0.3) is 5.91 Å². The number of unbranched alkanes of at least 4 members (excludes halogenated alkanes) is 1. The SMILES string of the molecule is O=C(NCCCC#Cc1cccc2c1CN(C1CCCNC1=O)C2=O)C1CCC(NC(=O)[C@@H]2NC3(CCCCC3)[C@@]3(C(=O)Nc4cc(Cl)ccc43)[C@H]2c2cccc(Cl)c2)CC1. The second-order valence-corrected chi connectivity index (χ2v) is 18.6. The maximum Gasteiger partial charge on any atom is 0.255 e. The van der Waals surface area contributed by atoms with Gasteiger partial charge < -0.3 is 26.2 Å². The van der Waals surface area contributed by atoms with Crippen molar-refractivity contribution in [3.05, 3.63) is 98.5 Å². The summed E-state index contributed by atoms with van der Waals surface area (Å²) < 4.78 is 0. The Morgan fingerprint density at radius 1 is 0.869 bits per heavy atom. The summed E-state index contributed by atoms with van der Waals surface area (Å²) in [6, 6.07) is 17.5. The van der Waals surface area contributed by atoms with Crippen molar-refractivity contribution in [2.45, 2.75) is 125 Å². The van der Waals surface area contributed by atoms with Gasteiger partial charge in [0.1, 0.15) is 11.5 Å². The minimum absolute atomic E-state index is 0.0228. The highest BCUT2D eigenvalue weighted by molar-refractivity contribution is 6.31. The molecule has 0 aromatic heterocycles. The summed E-state index contributed by atoms with van der Waals surface area (Å²) in [6.45, 7) is 1.53. The molecule has 4 atom stereocenters. The third-order valence-electron chi connectivity index (χ3n) is 14.3. The molecule has 318 valence electrons. The van der Waals surface area contributed by atoms with Gasteiger partial charge >= 0.3 is 0 Å². The number of nitrogens with one attached hydrogen (secondary N) is 5. The first-order valence-electron chi connectivity index (χ1n) is 22.0. The molecule has 2 aliphatic carbocycles. The third-order valence-corrected chi connectivity index (χ3v) is 14.7. The predicted molar refractivity (Wildman–Crippen MR) is 234 cm³/mol. The number of amides is 5. The smallest absolute Gasteiger partial charge is 0.255 e. The molecule has 4 fully saturated rings. The van der Waals surface area contributed by atoms with Gasteiger partial charge in [-0.2, -0.15) is 0 Å². The number of halogens is 2. The van der Waals surface area contributed by atoms with Crippen LogP contribution in [-0.2, 0) is 31.1 Å². The highest BCUT2D eigenvalue weighted by Crippen LogP contribution is 2.62. The van der Waals surface area contributed by atoms with Gasteiger partial charge in [-0.15, -0.1) is 0 Å². The number of nitrogens with zero attached hydrogens (tertiary/aromatic N) is 1. The molecule has 2 saturated carbocycles. The van der Waals surface area contributed by atoms with Crippen LogP contribution in [0.4, 0.5) is 5.69 Å². The quantitative estimate of drug-likeness (QED) is 0.129. The molecule has 2 spiro atoms. The molecule has 6 aliphatic rings. The van der Waals surface area contributed by atoms with Crippen LogP contribution in [0.1, 0.15) is 122 Å². The predicted octanol–water partition coefficient (Wildman–Crippen LogP) is 6.50. The Balaban J connectivity index is 0.809. The van der Waals surface area contributed by atoms with Gasteiger partial charge in [0, 0.05) is 76.3 Å². The van der Waals surface area contributed by atoms with Crippen molar-refractivity contribution >= 4 is 58.4 Å². The first-order valence-corrected chi connectivity index (χ1v) is 22.8. The minimum atomic E-state index is -1.06. The Bertz CT molecular complexity index is 2330. The van der Waals surface area contributed by atoms with E-state index in [1.54, 1.807) is 17.0 Å². The zero-order chi connectivity index (χ0) is 42.3. The molecule has 4 aliphatic heterocycles. The molecule has 11 nitrogen and oxygen atoms in total. The molecular formula is C48H52Cl2N6O5. The van der Waals surface area contributed by atoms with Crippen LogP contribution >= 0.6 is 23.2 Å². The Kier molecular flexibility index (Phi) is 11.6. The number of fused-ring (bicyclic) bond motifs is 4. The molecule has 0 bridgehead atoms. The summed E-state index contributed by atoms with van der Waals surface area (Å²) in [7, 11) is 0. The van der Waals surface area contributed by atoms with E-state index in [4.69, 9.17) is 23.2 Å². The van der Waals surface area contributed by atoms with E-state index >= 15 is 0 Å². The van der Waals surface area contributed by atoms with E-state index in [1.807, 2.05) is 48.5 Å². The molecular weight excluding hydrogens is 811 g/mol. The second kappa shape index (κ2) is 17.1. The van der Waals surface area contributed by atoms with Gasteiger partial charge in [0.2, 0.25) is 23.6 Å². The maximum atomic E-state index is 14.6. The monoisotopic (exact) mass is 862 g/mol. The van der Waals surface area contributed by atoms with E-state index in [1.165, 1.54) is 0 Å². The van der Waals surface area contributed by atoms with Crippen LogP contribution in [0.15, 0.2) is 60.7 Å². The first-order chi connectivity index (χ1) is 29.6. The minimum Gasteiger partial charge on any atom is -0.356 e. The summed E-state index contributed by atoms with van der Waals surface area (Å²) in [4.78, 5) is 69.8. The molecule has 5 amide bonds. The lowest BCUT2D eigenvalue weighted by Crippen LogP contribution is -2.60. The van der Waals surface area contributed by atoms with Crippen LogP contribution in [0.2, 0.25) is 10.0 Å². The summed E-state index contributed by atoms with van der Waals surface area (Å²) in [5, 5.41) is 17.4. The largest absolute Gasteiger partial charge is 0.356 e. The number of hydrogen-bond acceptors (Lipinski definition) is 6. The van der Waals surface area contributed by atoms with Gasteiger partial charge in [-0.1, -0.05) is 78.6 Å². The number of carbonyl (C=O) groups is 5. The van der Waals surface area contributed by atoms with Crippen LogP contribution in [0.25, 0.3) is 0 Å². The van der Waals surface area contributed by atoms with Crippen molar-refractivity contribution in [3.63, 3.8) is 0 Å². The molecule has 5 N–H and O–H groups in total. The van der Waals surface area contributed by atoms with E-state index in [0.29, 0.717) is 85.9 Å². The lowest BCUT2D eigenvalue weighted by molar-refractivity contribution is -0.128. The molecule has 0 radical (unpaired) electrons. The number of hydrogen-bond donors (Lipinski definition) is 5. The lowest BCUT2D eigenvalue weighted by atomic mass is 9.55. The Morgan fingerprint density at radius 2 is 1.66 bits per heavy atom. The molecule has 13 heteroatoms. The summed E-state index contributed by atoms with van der Waals surface area (Å²) in [6.07, 6.45) is 9.94. The van der Waals surface area contributed by atoms with Gasteiger partial charge in [-0.05, 0) is 111 Å². The van der Waals surface area contributed by atoms with Crippen molar-refractivity contribution in [1.82, 2.24) is 26.2 Å². The summed E-state index contributed by atoms with van der Waals surface area (Å²) >= 11 is 13.0. The Morgan fingerprint density at radius 3 is 2.44 bits per heavy atom. The fourth-order valence-electron chi connectivity index (χ4n) is 11.4. The van der Waals surface area contributed by atoms with E-state index in [2.05, 4.69) is 38.4 Å². The molecule has 4 heterocycles. The average molecular weight is 864 g/mol. The Labute approximate surface area is 366 Å². The van der Waals surface area contributed by atoms with Gasteiger partial charge in [-0.25, -0.2) is 0 Å². The summed E-state index contributed by atoms with van der Waals surface area (Å²) in [5.41, 5.74) is 2.97. The lowest BCUT2D eigenvalue weighted by Gasteiger charge is -2.47. The molecule has 9 rings (SSSR count). The zero-order valence-corrected chi connectivity index (χ0v) is 35.7. The van der Waals surface area contributed by atoms with E-state index in [-0.39, 0.29) is 41.5 Å². The second-order valence-electron chi connectivity index (χ2n) is 17.7. The average Bonchev–Trinajstić information content (AvgIpc) is 3.86. The van der Waals surface area contributed by atoms with Gasteiger partial charge in [-0.3, -0.25) is 29.3 Å². The van der Waals surface area contributed by atoms with Crippen LogP contribution in [0, 0.1) is 17.8 Å². The van der Waals surface area contributed by atoms with Crippen molar-refractivity contribution < 1.29 is 24.0 Å². The third kappa shape index (κ3) is 7.49. The number of piperidine rings is 1.